The molecule has 59 heavy (non-hydrogen) atoms. The summed E-state index contributed by atoms with van der Waals surface area (Å²) in [7, 11) is 0. The van der Waals surface area contributed by atoms with Gasteiger partial charge in [-0.1, -0.05) is 194 Å². The minimum Gasteiger partial charge on any atom is -0.311 e. The number of benzene rings is 10. The zero-order valence-corrected chi connectivity index (χ0v) is 32.3. The minimum atomic E-state index is -0.124. The van der Waals surface area contributed by atoms with Gasteiger partial charge in [-0.3, -0.25) is 0 Å². The molecule has 0 atom stereocenters. The van der Waals surface area contributed by atoms with E-state index in [0.29, 0.717) is 16.9 Å². The van der Waals surface area contributed by atoms with Crippen LogP contribution in [0.15, 0.2) is 249 Å². The summed E-state index contributed by atoms with van der Waals surface area (Å²) in [6.45, 7) is 0. The molecule has 0 aliphatic heterocycles. The van der Waals surface area contributed by atoms with Gasteiger partial charge in [0.15, 0.2) is 0 Å². The Morgan fingerprint density at radius 1 is 0.254 bits per heavy atom. The highest BCUT2D eigenvalue weighted by atomic mass is 15.1. The summed E-state index contributed by atoms with van der Waals surface area (Å²) in [6.07, 6.45) is 0. The highest BCUT2D eigenvalue weighted by molar-refractivity contribution is 5.97. The fourth-order valence-corrected chi connectivity index (χ4v) is 7.91. The average molecular weight is 756 g/mol. The fraction of sp³-hybridized carbons (Fsp3) is 0. The van der Waals surface area contributed by atoms with Crippen molar-refractivity contribution in [2.75, 3.05) is 4.90 Å². The molecule has 0 aliphatic rings. The van der Waals surface area contributed by atoms with Crippen molar-refractivity contribution in [3.05, 3.63) is 249 Å². The van der Waals surface area contributed by atoms with Crippen LogP contribution in [-0.2, 0) is 0 Å². The first-order valence-corrected chi connectivity index (χ1v) is 19.9. The predicted octanol–water partition coefficient (Wildman–Crippen LogP) is 16.3. The van der Waals surface area contributed by atoms with Crippen molar-refractivity contribution in [3.8, 4) is 66.8 Å². The minimum absolute atomic E-state index is 0.102. The van der Waals surface area contributed by atoms with Crippen molar-refractivity contribution >= 4 is 27.8 Å². The quantitative estimate of drug-likeness (QED) is 0.142. The van der Waals surface area contributed by atoms with Gasteiger partial charge in [-0.25, -0.2) is 0 Å². The highest BCUT2D eigenvalue weighted by Crippen LogP contribution is 2.39. The average Bonchev–Trinajstić information content (AvgIpc) is 3.35. The van der Waals surface area contributed by atoms with Crippen LogP contribution < -0.4 is 4.90 Å². The Morgan fingerprint density at radius 2 is 0.627 bits per heavy atom. The van der Waals surface area contributed by atoms with E-state index in [0.717, 1.165) is 66.4 Å². The summed E-state index contributed by atoms with van der Waals surface area (Å²) >= 11 is 0. The molecule has 10 rings (SSSR count). The van der Waals surface area contributed by atoms with E-state index in [2.05, 4.69) is 121 Å². The Balaban J connectivity index is 1.07. The van der Waals surface area contributed by atoms with Crippen LogP contribution in [0.2, 0.25) is 0 Å². The van der Waals surface area contributed by atoms with Gasteiger partial charge in [-0.2, -0.15) is 0 Å². The molecule has 1 heteroatoms. The van der Waals surface area contributed by atoms with Crippen LogP contribution in [-0.4, -0.2) is 0 Å². The zero-order valence-electron chi connectivity index (χ0n) is 36.3. The Bertz CT molecular complexity index is 3090. The van der Waals surface area contributed by atoms with Gasteiger partial charge in [0.05, 0.1) is 5.48 Å². The number of anilines is 3. The normalized spacial score (nSPS) is 12.0. The summed E-state index contributed by atoms with van der Waals surface area (Å²) in [6, 6.07) is 75.5. The van der Waals surface area contributed by atoms with E-state index in [1.54, 1.807) is 0 Å². The second-order valence-electron chi connectivity index (χ2n) is 14.7. The van der Waals surface area contributed by atoms with Crippen molar-refractivity contribution in [1.29, 1.82) is 0 Å². The smallest absolute Gasteiger partial charge is 0.0645 e. The number of hydrogen-bond donors (Lipinski definition) is 0. The third-order valence-corrected chi connectivity index (χ3v) is 10.9. The summed E-state index contributed by atoms with van der Waals surface area (Å²) in [5.41, 5.74) is 13.2. The lowest BCUT2D eigenvalue weighted by molar-refractivity contribution is 1.28. The van der Waals surface area contributed by atoms with Crippen LogP contribution in [0.3, 0.4) is 0 Å². The molecule has 0 bridgehead atoms. The third-order valence-electron chi connectivity index (χ3n) is 10.9. The zero-order chi connectivity index (χ0) is 42.9. The second-order valence-corrected chi connectivity index (χ2v) is 14.7. The summed E-state index contributed by atoms with van der Waals surface area (Å²) in [5, 5.41) is 2.23. The molecule has 0 aliphatic carbocycles. The maximum atomic E-state index is 9.61. The first-order chi connectivity index (χ1) is 30.9. The number of fused-ring (bicyclic) bond motifs is 1. The van der Waals surface area contributed by atoms with E-state index in [1.165, 1.54) is 0 Å². The topological polar surface area (TPSA) is 3.24 Å². The maximum absolute atomic E-state index is 9.61. The molecular formula is C58H41N. The number of nitrogens with zero attached hydrogens (tertiary/aromatic N) is 1. The standard InChI is InChI=1S/C58H41N/c1-3-13-42(14-4-1)48-19-9-21-50(39-48)44-27-33-54(34-28-44)59(55-35-29-45(30-36-55)51-22-10-20-49(40-51)43-15-5-2-6-16-43)56-37-31-46(32-38-56)52-23-11-24-53(41-52)58-26-12-18-47-17-7-8-25-57(47)58/h1-41H/i31D,32D,37D,38D. The lowest BCUT2D eigenvalue weighted by atomic mass is 9.95. The van der Waals surface area contributed by atoms with Gasteiger partial charge in [0.2, 0.25) is 0 Å². The van der Waals surface area contributed by atoms with E-state index in [1.807, 2.05) is 108 Å². The van der Waals surface area contributed by atoms with Gasteiger partial charge in [0.1, 0.15) is 0 Å². The van der Waals surface area contributed by atoms with Crippen molar-refractivity contribution in [3.63, 3.8) is 0 Å². The molecular weight excluding hydrogens is 711 g/mol. The molecule has 0 fully saturated rings. The van der Waals surface area contributed by atoms with Crippen LogP contribution in [0.1, 0.15) is 5.48 Å². The molecule has 0 heterocycles. The van der Waals surface area contributed by atoms with E-state index in [4.69, 9.17) is 0 Å². The van der Waals surface area contributed by atoms with E-state index in [-0.39, 0.29) is 35.4 Å². The molecule has 0 radical (unpaired) electrons. The summed E-state index contributed by atoms with van der Waals surface area (Å²) in [4.78, 5) is 1.85. The van der Waals surface area contributed by atoms with E-state index in [9.17, 15) is 5.48 Å². The molecule has 0 N–H and O–H groups in total. The molecule has 10 aromatic rings. The van der Waals surface area contributed by atoms with E-state index < -0.39 is 0 Å². The third kappa shape index (κ3) is 7.46. The highest BCUT2D eigenvalue weighted by Gasteiger charge is 2.15. The molecule has 0 aromatic heterocycles. The van der Waals surface area contributed by atoms with Gasteiger partial charge < -0.3 is 4.90 Å². The van der Waals surface area contributed by atoms with Crippen LogP contribution in [0, 0.1) is 0 Å². The number of rotatable bonds is 9. The molecule has 278 valence electrons. The van der Waals surface area contributed by atoms with Crippen LogP contribution in [0.4, 0.5) is 17.1 Å². The lowest BCUT2D eigenvalue weighted by Gasteiger charge is -2.26. The van der Waals surface area contributed by atoms with Crippen LogP contribution in [0.25, 0.3) is 77.5 Å². The maximum Gasteiger partial charge on any atom is 0.0645 e. The molecule has 10 aromatic carbocycles. The molecule has 0 spiro atoms. The molecule has 1 nitrogen and oxygen atoms in total. The molecule has 0 unspecified atom stereocenters. The van der Waals surface area contributed by atoms with Crippen molar-refractivity contribution in [1.82, 2.24) is 0 Å². The SMILES string of the molecule is [2H]c1c([2H])c(N(c2ccc(-c3cccc(-c4ccccc4)c3)cc2)c2ccc(-c3cccc(-c4ccccc4)c3)cc2)c([2H])c([2H])c1-c1cccc(-c2cccc3ccccc23)c1. The van der Waals surface area contributed by atoms with Gasteiger partial charge >= 0.3 is 0 Å². The summed E-state index contributed by atoms with van der Waals surface area (Å²) in [5.74, 6) is 0. The lowest BCUT2D eigenvalue weighted by Crippen LogP contribution is -2.09. The van der Waals surface area contributed by atoms with Gasteiger partial charge in [-0.15, -0.1) is 0 Å². The largest absolute Gasteiger partial charge is 0.311 e. The monoisotopic (exact) mass is 755 g/mol. The molecule has 0 saturated heterocycles. The first kappa shape index (κ1) is 31.4. The Hall–Kier alpha value is -7.74. The van der Waals surface area contributed by atoms with Crippen molar-refractivity contribution in [2.24, 2.45) is 0 Å². The Labute approximate surface area is 352 Å². The summed E-state index contributed by atoms with van der Waals surface area (Å²) < 4.78 is 38.2. The van der Waals surface area contributed by atoms with Gasteiger partial charge in [-0.05, 0) is 132 Å². The Morgan fingerprint density at radius 3 is 1.15 bits per heavy atom. The molecule has 0 amide bonds. The van der Waals surface area contributed by atoms with Crippen molar-refractivity contribution < 1.29 is 5.48 Å². The number of hydrogen-bond acceptors (Lipinski definition) is 1. The Kier molecular flexibility index (Phi) is 8.51. The van der Waals surface area contributed by atoms with Gasteiger partial charge in [0.25, 0.3) is 0 Å². The predicted molar refractivity (Wildman–Crippen MR) is 251 cm³/mol. The fourth-order valence-electron chi connectivity index (χ4n) is 7.91. The van der Waals surface area contributed by atoms with E-state index >= 15 is 0 Å². The van der Waals surface area contributed by atoms with Crippen LogP contribution in [0.5, 0.6) is 0 Å². The van der Waals surface area contributed by atoms with Crippen molar-refractivity contribution in [2.45, 2.75) is 0 Å². The first-order valence-electron chi connectivity index (χ1n) is 21.9. The second kappa shape index (κ2) is 16.0. The molecule has 0 saturated carbocycles. The van der Waals surface area contributed by atoms with Crippen LogP contribution >= 0.6 is 0 Å². The van der Waals surface area contributed by atoms with Gasteiger partial charge in [0, 0.05) is 17.1 Å².